The molecule has 1 amide bonds. The number of aryl methyl sites for hydroxylation is 1. The van der Waals surface area contributed by atoms with E-state index in [9.17, 15) is 22.4 Å². The third-order valence-corrected chi connectivity index (χ3v) is 4.14. The molecule has 3 rings (SSSR count). The minimum absolute atomic E-state index is 0.0380. The van der Waals surface area contributed by atoms with E-state index in [0.29, 0.717) is 6.07 Å². The molecular weight excluding hydrogens is 434 g/mol. The monoisotopic (exact) mass is 445 g/mol. The average molecular weight is 446 g/mol. The van der Waals surface area contributed by atoms with E-state index in [2.05, 4.69) is 36.3 Å². The van der Waals surface area contributed by atoms with Gasteiger partial charge in [0.15, 0.2) is 5.65 Å². The summed E-state index contributed by atoms with van der Waals surface area (Å²) in [5, 5.41) is 6.49. The van der Waals surface area contributed by atoms with Gasteiger partial charge in [-0.1, -0.05) is 0 Å². The van der Waals surface area contributed by atoms with Crippen LogP contribution in [0.1, 0.15) is 29.8 Å². The summed E-state index contributed by atoms with van der Waals surface area (Å²) in [6.45, 7) is 1.05. The summed E-state index contributed by atoms with van der Waals surface area (Å²) in [6, 6.07) is 3.89. The van der Waals surface area contributed by atoms with Crippen LogP contribution in [-0.4, -0.2) is 25.7 Å². The summed E-state index contributed by atoms with van der Waals surface area (Å²) in [5.41, 5.74) is -1.41. The summed E-state index contributed by atoms with van der Waals surface area (Å²) < 4.78 is 54.4. The van der Waals surface area contributed by atoms with Crippen molar-refractivity contribution in [3.63, 3.8) is 0 Å². The van der Waals surface area contributed by atoms with E-state index in [1.54, 1.807) is 12.1 Å². The molecule has 0 aliphatic heterocycles. The first-order chi connectivity index (χ1) is 12.8. The first-order valence-corrected chi connectivity index (χ1v) is 8.41. The molecule has 3 aromatic rings. The van der Waals surface area contributed by atoms with Crippen LogP contribution in [0.2, 0.25) is 0 Å². The van der Waals surface area contributed by atoms with Crippen molar-refractivity contribution in [2.24, 2.45) is 0 Å². The first kappa shape index (κ1) is 19.2. The van der Waals surface area contributed by atoms with Gasteiger partial charge in [0.25, 0.3) is 12.9 Å². The molecule has 142 valence electrons. The topological polar surface area (TPSA) is 72.7 Å². The summed E-state index contributed by atoms with van der Waals surface area (Å²) in [6.07, 6.45) is -4.53. The van der Waals surface area contributed by atoms with Crippen molar-refractivity contribution in [2.75, 3.05) is 5.32 Å². The maximum Gasteiger partial charge on any atom is 0.280 e. The van der Waals surface area contributed by atoms with Crippen molar-refractivity contribution in [1.82, 2.24) is 19.7 Å². The zero-order valence-corrected chi connectivity index (χ0v) is 15.3. The fourth-order valence-corrected chi connectivity index (χ4v) is 2.80. The number of carbonyl (C=O) groups excluding carboxylic acids is 1. The number of hydrogen-bond donors (Lipinski definition) is 1. The van der Waals surface area contributed by atoms with Crippen molar-refractivity contribution in [1.29, 1.82) is 0 Å². The van der Waals surface area contributed by atoms with Crippen LogP contribution in [-0.2, 0) is 11.3 Å². The summed E-state index contributed by atoms with van der Waals surface area (Å²) >= 11 is 3.21. The quantitative estimate of drug-likeness (QED) is 0.590. The molecule has 0 atom stereocenters. The Morgan fingerprint density at radius 2 is 2.00 bits per heavy atom. The molecule has 0 aliphatic rings. The van der Waals surface area contributed by atoms with Gasteiger partial charge in [-0.15, -0.1) is 0 Å². The van der Waals surface area contributed by atoms with Crippen molar-refractivity contribution >= 4 is 38.7 Å². The molecule has 0 aliphatic carbocycles. The summed E-state index contributed by atoms with van der Waals surface area (Å²) in [4.78, 5) is 19.9. The number of aromatic nitrogens is 4. The number of hydrogen-bond acceptors (Lipinski definition) is 4. The molecule has 0 spiro atoms. The molecular formula is C16H12BrF4N5O. The zero-order chi connectivity index (χ0) is 19.7. The molecule has 0 bridgehead atoms. The fraction of sp³-hybridized carbons (Fsp3) is 0.250. The summed E-state index contributed by atoms with van der Waals surface area (Å²) in [7, 11) is 0. The number of nitrogens with zero attached hydrogens (tertiary/aromatic N) is 4. The number of nitrogens with one attached hydrogen (secondary N) is 1. The largest absolute Gasteiger partial charge is 0.309 e. The second-order valence-electron chi connectivity index (χ2n) is 5.59. The van der Waals surface area contributed by atoms with E-state index in [-0.39, 0.29) is 22.5 Å². The lowest BCUT2D eigenvalue weighted by Crippen LogP contribution is -2.20. The number of carbonyl (C=O) groups is 1. The standard InChI is InChI=1S/C16H12BrF4N5O/c1-7-13-9(14(18)19)4-10(15(20)21)23-16(13)26(25-7)6-12(27)24-11-3-2-8(17)5-22-11/h2-5,14-15H,6H2,1H3,(H,22,24,27). The third kappa shape index (κ3) is 4.07. The normalized spacial score (nSPS) is 11.6. The molecule has 0 fully saturated rings. The molecule has 0 unspecified atom stereocenters. The predicted molar refractivity (Wildman–Crippen MR) is 92.7 cm³/mol. The Hall–Kier alpha value is -2.56. The van der Waals surface area contributed by atoms with Gasteiger partial charge in [-0.25, -0.2) is 32.2 Å². The minimum atomic E-state index is -3.03. The molecule has 11 heteroatoms. The molecule has 27 heavy (non-hydrogen) atoms. The highest BCUT2D eigenvalue weighted by Gasteiger charge is 2.23. The van der Waals surface area contributed by atoms with Crippen LogP contribution in [0.5, 0.6) is 0 Å². The second-order valence-corrected chi connectivity index (χ2v) is 6.50. The number of fused-ring (bicyclic) bond motifs is 1. The van der Waals surface area contributed by atoms with Crippen LogP contribution in [0.3, 0.4) is 0 Å². The summed E-state index contributed by atoms with van der Waals surface area (Å²) in [5.74, 6) is -0.289. The lowest BCUT2D eigenvalue weighted by atomic mass is 10.1. The third-order valence-electron chi connectivity index (χ3n) is 3.67. The van der Waals surface area contributed by atoms with Gasteiger partial charge in [0.2, 0.25) is 5.91 Å². The second kappa shape index (κ2) is 7.59. The smallest absolute Gasteiger partial charge is 0.280 e. The highest BCUT2D eigenvalue weighted by molar-refractivity contribution is 9.10. The van der Waals surface area contributed by atoms with Crippen LogP contribution in [0, 0.1) is 6.92 Å². The number of alkyl halides is 4. The van der Waals surface area contributed by atoms with Gasteiger partial charge in [0.1, 0.15) is 18.1 Å². The van der Waals surface area contributed by atoms with Crippen molar-refractivity contribution in [3.05, 3.63) is 45.8 Å². The van der Waals surface area contributed by atoms with Crippen LogP contribution in [0.15, 0.2) is 28.9 Å². The Morgan fingerprint density at radius 1 is 1.26 bits per heavy atom. The van der Waals surface area contributed by atoms with E-state index in [4.69, 9.17) is 0 Å². The van der Waals surface area contributed by atoms with Crippen molar-refractivity contribution < 1.29 is 22.4 Å². The average Bonchev–Trinajstić information content (AvgIpc) is 2.91. The highest BCUT2D eigenvalue weighted by Crippen LogP contribution is 2.32. The van der Waals surface area contributed by atoms with Crippen LogP contribution < -0.4 is 5.32 Å². The van der Waals surface area contributed by atoms with Crippen molar-refractivity contribution in [2.45, 2.75) is 26.3 Å². The van der Waals surface area contributed by atoms with Gasteiger partial charge < -0.3 is 5.32 Å². The number of anilines is 1. The fourth-order valence-electron chi connectivity index (χ4n) is 2.57. The van der Waals surface area contributed by atoms with E-state index < -0.39 is 36.6 Å². The van der Waals surface area contributed by atoms with Gasteiger partial charge in [-0.2, -0.15) is 5.10 Å². The molecule has 0 aromatic carbocycles. The Morgan fingerprint density at radius 3 is 2.59 bits per heavy atom. The maximum atomic E-state index is 13.3. The van der Waals surface area contributed by atoms with Gasteiger partial charge >= 0.3 is 0 Å². The number of pyridine rings is 2. The van der Waals surface area contributed by atoms with E-state index in [0.717, 1.165) is 9.15 Å². The van der Waals surface area contributed by atoms with E-state index in [1.165, 1.54) is 13.1 Å². The lowest BCUT2D eigenvalue weighted by molar-refractivity contribution is -0.116. The predicted octanol–water partition coefficient (Wildman–Crippen LogP) is 4.41. The van der Waals surface area contributed by atoms with Crippen molar-refractivity contribution in [3.8, 4) is 0 Å². The molecule has 0 saturated heterocycles. The van der Waals surface area contributed by atoms with E-state index in [1.807, 2.05) is 0 Å². The van der Waals surface area contributed by atoms with Crippen LogP contribution in [0.25, 0.3) is 11.0 Å². The minimum Gasteiger partial charge on any atom is -0.309 e. The molecule has 1 N–H and O–H groups in total. The van der Waals surface area contributed by atoms with Crippen LogP contribution >= 0.6 is 15.9 Å². The Bertz CT molecular complexity index is 991. The molecule has 3 heterocycles. The molecule has 0 radical (unpaired) electrons. The van der Waals surface area contributed by atoms with E-state index >= 15 is 0 Å². The Labute approximate surface area is 158 Å². The van der Waals surface area contributed by atoms with Gasteiger partial charge in [-0.3, -0.25) is 4.79 Å². The van der Waals surface area contributed by atoms with Gasteiger partial charge in [0, 0.05) is 16.2 Å². The van der Waals surface area contributed by atoms with Gasteiger partial charge in [0.05, 0.1) is 11.1 Å². The molecule has 3 aromatic heterocycles. The Balaban J connectivity index is 1.96. The van der Waals surface area contributed by atoms with Crippen LogP contribution in [0.4, 0.5) is 23.4 Å². The zero-order valence-electron chi connectivity index (χ0n) is 13.8. The number of rotatable bonds is 5. The Kier molecular flexibility index (Phi) is 5.40. The molecule has 0 saturated carbocycles. The maximum absolute atomic E-state index is 13.3. The number of halogens is 5. The SMILES string of the molecule is Cc1nn(CC(=O)Nc2ccc(Br)cn2)c2nc(C(F)F)cc(C(F)F)c12. The van der Waals surface area contributed by atoms with Gasteiger partial charge in [-0.05, 0) is 41.1 Å². The first-order valence-electron chi connectivity index (χ1n) is 7.62. The number of amides is 1. The molecule has 6 nitrogen and oxygen atoms in total. The highest BCUT2D eigenvalue weighted by atomic mass is 79.9. The lowest BCUT2D eigenvalue weighted by Gasteiger charge is -2.08.